The molecule has 0 aromatic heterocycles. The first kappa shape index (κ1) is 10.8. The smallest absolute Gasteiger partial charge is 0.294 e. The van der Waals surface area contributed by atoms with Crippen LogP contribution in [0.4, 0.5) is 11.4 Å². The summed E-state index contributed by atoms with van der Waals surface area (Å²) in [6.07, 6.45) is 0. The zero-order valence-electron chi connectivity index (χ0n) is 8.00. The number of nitrogens with zero attached hydrogens (tertiary/aromatic N) is 1. The number of nitro benzene ring substituents is 1. The molecule has 0 amide bonds. The summed E-state index contributed by atoms with van der Waals surface area (Å²) in [5, 5.41) is 14.0. The van der Waals surface area contributed by atoms with Gasteiger partial charge in [-0.1, -0.05) is 11.6 Å². The molecule has 1 aromatic carbocycles. The number of hydrogen-bond acceptors (Lipinski definition) is 3. The van der Waals surface area contributed by atoms with Crippen molar-refractivity contribution in [3.63, 3.8) is 0 Å². The molecule has 0 bridgehead atoms. The Kier molecular flexibility index (Phi) is 3.30. The maximum atomic E-state index is 10.7. The van der Waals surface area contributed by atoms with Gasteiger partial charge in [0.2, 0.25) is 0 Å². The summed E-state index contributed by atoms with van der Waals surface area (Å²) in [7, 11) is 0. The van der Waals surface area contributed by atoms with Crippen molar-refractivity contribution in [2.45, 2.75) is 13.8 Å². The molecule has 0 aliphatic carbocycles. The lowest BCUT2D eigenvalue weighted by Gasteiger charge is -2.08. The SMILES string of the molecule is CCNc1c(C)cc(Cl)cc1[N+](=O)[O-]. The Morgan fingerprint density at radius 1 is 1.57 bits per heavy atom. The number of nitro groups is 1. The molecule has 5 heteroatoms. The summed E-state index contributed by atoms with van der Waals surface area (Å²) < 4.78 is 0. The normalized spacial score (nSPS) is 9.93. The topological polar surface area (TPSA) is 55.2 Å². The maximum absolute atomic E-state index is 10.7. The molecule has 0 atom stereocenters. The highest BCUT2D eigenvalue weighted by Crippen LogP contribution is 2.31. The number of nitrogens with one attached hydrogen (secondary N) is 1. The van der Waals surface area contributed by atoms with Gasteiger partial charge in [0.25, 0.3) is 5.69 Å². The molecule has 1 aromatic rings. The Bertz CT molecular complexity index is 366. The molecule has 0 saturated heterocycles. The molecule has 0 spiro atoms. The fraction of sp³-hybridized carbons (Fsp3) is 0.333. The number of hydrogen-bond donors (Lipinski definition) is 1. The van der Waals surface area contributed by atoms with E-state index in [-0.39, 0.29) is 5.69 Å². The number of anilines is 1. The molecule has 0 radical (unpaired) electrons. The molecular formula is C9H11ClN2O2. The van der Waals surface area contributed by atoms with Crippen molar-refractivity contribution in [1.82, 2.24) is 0 Å². The monoisotopic (exact) mass is 214 g/mol. The summed E-state index contributed by atoms with van der Waals surface area (Å²) in [5.41, 5.74) is 1.35. The fourth-order valence-corrected chi connectivity index (χ4v) is 1.54. The highest BCUT2D eigenvalue weighted by molar-refractivity contribution is 6.31. The van der Waals surface area contributed by atoms with E-state index in [2.05, 4.69) is 5.32 Å². The van der Waals surface area contributed by atoms with Gasteiger partial charge in [-0.3, -0.25) is 10.1 Å². The van der Waals surface area contributed by atoms with Crippen molar-refractivity contribution in [2.24, 2.45) is 0 Å². The summed E-state index contributed by atoms with van der Waals surface area (Å²) in [6.45, 7) is 4.32. The third-order valence-electron chi connectivity index (χ3n) is 1.83. The summed E-state index contributed by atoms with van der Waals surface area (Å²) in [6, 6.07) is 3.05. The number of rotatable bonds is 3. The molecule has 0 saturated carbocycles. The lowest BCUT2D eigenvalue weighted by molar-refractivity contribution is -0.384. The van der Waals surface area contributed by atoms with Crippen molar-refractivity contribution < 1.29 is 4.92 Å². The average Bonchev–Trinajstić information content (AvgIpc) is 2.09. The summed E-state index contributed by atoms with van der Waals surface area (Å²) in [5.74, 6) is 0. The molecule has 0 unspecified atom stereocenters. The second kappa shape index (κ2) is 4.28. The van der Waals surface area contributed by atoms with Crippen LogP contribution in [0.3, 0.4) is 0 Å². The Hall–Kier alpha value is -1.29. The second-order valence-electron chi connectivity index (χ2n) is 2.90. The van der Waals surface area contributed by atoms with Gasteiger partial charge in [0.05, 0.1) is 4.92 Å². The molecule has 76 valence electrons. The van der Waals surface area contributed by atoms with Gasteiger partial charge >= 0.3 is 0 Å². The van der Waals surface area contributed by atoms with Crippen LogP contribution in [0.2, 0.25) is 5.02 Å². The molecule has 0 aliphatic rings. The standard InChI is InChI=1S/C9H11ClN2O2/c1-3-11-9-6(2)4-7(10)5-8(9)12(13)14/h4-5,11H,3H2,1-2H3. The maximum Gasteiger partial charge on any atom is 0.294 e. The van der Waals surface area contributed by atoms with Gasteiger partial charge in [-0.15, -0.1) is 0 Å². The van der Waals surface area contributed by atoms with Gasteiger partial charge in [-0.25, -0.2) is 0 Å². The van der Waals surface area contributed by atoms with Gasteiger partial charge in [-0.05, 0) is 25.5 Å². The van der Waals surface area contributed by atoms with E-state index >= 15 is 0 Å². The molecule has 14 heavy (non-hydrogen) atoms. The van der Waals surface area contributed by atoms with Crippen LogP contribution in [0.15, 0.2) is 12.1 Å². The largest absolute Gasteiger partial charge is 0.380 e. The number of aryl methyl sites for hydroxylation is 1. The van der Waals surface area contributed by atoms with E-state index in [1.54, 1.807) is 13.0 Å². The van der Waals surface area contributed by atoms with Crippen LogP contribution >= 0.6 is 11.6 Å². The zero-order chi connectivity index (χ0) is 10.7. The third-order valence-corrected chi connectivity index (χ3v) is 2.05. The number of benzene rings is 1. The van der Waals surface area contributed by atoms with E-state index < -0.39 is 4.92 Å². The minimum Gasteiger partial charge on any atom is -0.380 e. The molecule has 4 nitrogen and oxygen atoms in total. The minimum atomic E-state index is -0.434. The molecule has 0 aliphatic heterocycles. The fourth-order valence-electron chi connectivity index (χ4n) is 1.28. The van der Waals surface area contributed by atoms with Gasteiger partial charge < -0.3 is 5.32 Å². The quantitative estimate of drug-likeness (QED) is 0.622. The van der Waals surface area contributed by atoms with Crippen molar-refractivity contribution in [3.05, 3.63) is 32.8 Å². The Balaban J connectivity index is 3.28. The predicted octanol–water partition coefficient (Wildman–Crippen LogP) is 2.99. The van der Waals surface area contributed by atoms with E-state index in [0.29, 0.717) is 17.3 Å². The Labute approximate surface area is 87.0 Å². The van der Waals surface area contributed by atoms with Crippen molar-refractivity contribution in [1.29, 1.82) is 0 Å². The second-order valence-corrected chi connectivity index (χ2v) is 3.34. The van der Waals surface area contributed by atoms with Gasteiger partial charge in [0, 0.05) is 17.6 Å². The lowest BCUT2D eigenvalue weighted by atomic mass is 10.1. The third kappa shape index (κ3) is 2.14. The van der Waals surface area contributed by atoms with E-state index in [4.69, 9.17) is 11.6 Å². The highest BCUT2D eigenvalue weighted by atomic mass is 35.5. The first-order valence-electron chi connectivity index (χ1n) is 4.24. The first-order chi connectivity index (χ1) is 6.56. The van der Waals surface area contributed by atoms with Gasteiger partial charge in [-0.2, -0.15) is 0 Å². The molecule has 0 fully saturated rings. The summed E-state index contributed by atoms with van der Waals surface area (Å²) in [4.78, 5) is 10.3. The molecule has 1 rings (SSSR count). The van der Waals surface area contributed by atoms with E-state index in [1.165, 1.54) is 6.07 Å². The van der Waals surface area contributed by atoms with E-state index in [1.807, 2.05) is 6.92 Å². The lowest BCUT2D eigenvalue weighted by Crippen LogP contribution is -2.03. The minimum absolute atomic E-state index is 0.0249. The van der Waals surface area contributed by atoms with Crippen LogP contribution in [0.25, 0.3) is 0 Å². The van der Waals surface area contributed by atoms with Crippen LogP contribution in [0, 0.1) is 17.0 Å². The van der Waals surface area contributed by atoms with Crippen LogP contribution in [0.1, 0.15) is 12.5 Å². The number of halogens is 1. The van der Waals surface area contributed by atoms with Crippen molar-refractivity contribution >= 4 is 23.0 Å². The van der Waals surface area contributed by atoms with Crippen LogP contribution < -0.4 is 5.32 Å². The predicted molar refractivity (Wildman–Crippen MR) is 57.0 cm³/mol. The van der Waals surface area contributed by atoms with Crippen LogP contribution in [0.5, 0.6) is 0 Å². The Morgan fingerprint density at radius 2 is 2.21 bits per heavy atom. The van der Waals surface area contributed by atoms with Gasteiger partial charge in [0.15, 0.2) is 0 Å². The molecule has 1 N–H and O–H groups in total. The average molecular weight is 215 g/mol. The molecular weight excluding hydrogens is 204 g/mol. The Morgan fingerprint density at radius 3 is 2.71 bits per heavy atom. The van der Waals surface area contributed by atoms with Crippen molar-refractivity contribution in [3.8, 4) is 0 Å². The molecule has 0 heterocycles. The summed E-state index contributed by atoms with van der Waals surface area (Å²) >= 11 is 5.73. The van der Waals surface area contributed by atoms with Crippen molar-refractivity contribution in [2.75, 3.05) is 11.9 Å². The van der Waals surface area contributed by atoms with Gasteiger partial charge in [0.1, 0.15) is 5.69 Å². The van der Waals surface area contributed by atoms with Crippen LogP contribution in [-0.4, -0.2) is 11.5 Å². The van der Waals surface area contributed by atoms with E-state index in [9.17, 15) is 10.1 Å². The van der Waals surface area contributed by atoms with E-state index in [0.717, 1.165) is 5.56 Å². The first-order valence-corrected chi connectivity index (χ1v) is 4.62. The highest BCUT2D eigenvalue weighted by Gasteiger charge is 2.16. The van der Waals surface area contributed by atoms with Crippen LogP contribution in [-0.2, 0) is 0 Å². The zero-order valence-corrected chi connectivity index (χ0v) is 8.76.